The van der Waals surface area contributed by atoms with Gasteiger partial charge in [-0.05, 0) is 18.1 Å². The van der Waals surface area contributed by atoms with Gasteiger partial charge < -0.3 is 15.6 Å². The van der Waals surface area contributed by atoms with Crippen LogP contribution in [0.25, 0.3) is 10.9 Å². The average Bonchev–Trinajstić information content (AvgIpc) is 2.65. The Morgan fingerprint density at radius 2 is 1.85 bits per heavy atom. The second kappa shape index (κ2) is 8.50. The number of carbonyl (C=O) groups excluding carboxylic acids is 3. The molecule has 0 saturated carbocycles. The van der Waals surface area contributed by atoms with Gasteiger partial charge in [0.25, 0.3) is 5.91 Å². The number of pyridine rings is 1. The Morgan fingerprint density at radius 3 is 2.44 bits per heavy atom. The lowest BCUT2D eigenvalue weighted by Gasteiger charge is -2.29. The van der Waals surface area contributed by atoms with E-state index >= 15 is 0 Å². The summed E-state index contributed by atoms with van der Waals surface area (Å²) in [5, 5.41) is 9.83. The molecular weight excluding hydrogens is 350 g/mol. The fraction of sp³-hybridized carbons (Fsp3) is 0.316. The van der Waals surface area contributed by atoms with Crippen LogP contribution in [0.2, 0.25) is 0 Å². The average molecular weight is 371 g/mol. The Balaban J connectivity index is 2.48. The highest BCUT2D eigenvalue weighted by Gasteiger charge is 2.36. The molecule has 8 nitrogen and oxygen atoms in total. The highest BCUT2D eigenvalue weighted by atomic mass is 16.4. The number of carbonyl (C=O) groups is 4. The van der Waals surface area contributed by atoms with Crippen molar-refractivity contribution in [2.24, 2.45) is 11.7 Å². The third-order valence-corrected chi connectivity index (χ3v) is 4.15. The number of carboxylic acids is 1. The summed E-state index contributed by atoms with van der Waals surface area (Å²) < 4.78 is 0. The summed E-state index contributed by atoms with van der Waals surface area (Å²) in [5.74, 6) is -3.31. The Labute approximate surface area is 156 Å². The Hall–Kier alpha value is -3.13. The van der Waals surface area contributed by atoms with E-state index in [4.69, 9.17) is 10.8 Å². The van der Waals surface area contributed by atoms with Gasteiger partial charge in [0.05, 0.1) is 18.0 Å². The molecule has 8 heteroatoms. The Kier molecular flexibility index (Phi) is 6.36. The number of hydrogen-bond acceptors (Lipinski definition) is 6. The number of aromatic nitrogens is 1. The molecule has 0 radical (unpaired) electrons. The van der Waals surface area contributed by atoms with Crippen LogP contribution in [0.15, 0.2) is 36.4 Å². The number of hydrogen-bond donors (Lipinski definition) is 2. The minimum absolute atomic E-state index is 0.0738. The zero-order valence-corrected chi connectivity index (χ0v) is 15.0. The van der Waals surface area contributed by atoms with Crippen LogP contribution >= 0.6 is 0 Å². The van der Waals surface area contributed by atoms with Gasteiger partial charge in [0.2, 0.25) is 5.91 Å². The Morgan fingerprint density at radius 1 is 1.19 bits per heavy atom. The molecule has 0 aliphatic carbocycles. The van der Waals surface area contributed by atoms with Crippen molar-refractivity contribution in [2.45, 2.75) is 32.4 Å². The van der Waals surface area contributed by atoms with Crippen molar-refractivity contribution in [3.63, 3.8) is 0 Å². The number of amides is 2. The number of aliphatic carboxylic acids is 1. The predicted molar refractivity (Wildman–Crippen MR) is 97.8 cm³/mol. The molecule has 0 spiro atoms. The fourth-order valence-corrected chi connectivity index (χ4v) is 2.55. The molecule has 142 valence electrons. The van der Waals surface area contributed by atoms with Gasteiger partial charge in [-0.15, -0.1) is 0 Å². The van der Waals surface area contributed by atoms with Crippen LogP contribution in [-0.4, -0.2) is 51.1 Å². The largest absolute Gasteiger partial charge is 0.481 e. The lowest BCUT2D eigenvalue weighted by atomic mass is 10.0. The first-order valence-electron chi connectivity index (χ1n) is 8.42. The molecule has 1 heterocycles. The molecule has 0 unspecified atom stereocenters. The molecule has 0 aliphatic heterocycles. The zero-order chi connectivity index (χ0) is 20.1. The van der Waals surface area contributed by atoms with Gasteiger partial charge in [-0.2, -0.15) is 0 Å². The van der Waals surface area contributed by atoms with E-state index < -0.39 is 36.3 Å². The smallest absolute Gasteiger partial charge is 0.305 e. The maximum Gasteiger partial charge on any atom is 0.305 e. The van der Waals surface area contributed by atoms with Crippen molar-refractivity contribution in [2.75, 3.05) is 0 Å². The molecule has 0 aliphatic rings. The first-order chi connectivity index (χ1) is 12.8. The summed E-state index contributed by atoms with van der Waals surface area (Å²) in [7, 11) is 0. The van der Waals surface area contributed by atoms with Gasteiger partial charge in [-0.25, -0.2) is 4.98 Å². The number of carboxylic acid groups (broad SMARTS) is 1. The van der Waals surface area contributed by atoms with Gasteiger partial charge in [-0.3, -0.25) is 19.3 Å². The number of rotatable bonds is 7. The lowest BCUT2D eigenvalue weighted by molar-refractivity contribution is -0.142. The van der Waals surface area contributed by atoms with Crippen molar-refractivity contribution >= 4 is 35.0 Å². The highest BCUT2D eigenvalue weighted by Crippen LogP contribution is 2.17. The minimum atomic E-state index is -1.47. The third-order valence-electron chi connectivity index (χ3n) is 4.15. The van der Waals surface area contributed by atoms with Crippen LogP contribution in [0.5, 0.6) is 0 Å². The van der Waals surface area contributed by atoms with E-state index in [-0.39, 0.29) is 17.9 Å². The summed E-state index contributed by atoms with van der Waals surface area (Å²) in [6, 6.07) is 7.63. The van der Waals surface area contributed by atoms with E-state index in [1.807, 2.05) is 12.1 Å². The van der Waals surface area contributed by atoms with Gasteiger partial charge in [0.1, 0.15) is 18.0 Å². The van der Waals surface area contributed by atoms with E-state index in [0.29, 0.717) is 10.4 Å². The summed E-state index contributed by atoms with van der Waals surface area (Å²) in [5.41, 5.74) is 6.32. The number of para-hydroxylation sites is 1. The summed E-state index contributed by atoms with van der Waals surface area (Å²) >= 11 is 0. The van der Waals surface area contributed by atoms with Crippen LogP contribution in [0.4, 0.5) is 0 Å². The topological polar surface area (TPSA) is 131 Å². The van der Waals surface area contributed by atoms with Gasteiger partial charge in [-0.1, -0.05) is 38.1 Å². The second-order valence-electron chi connectivity index (χ2n) is 6.47. The molecule has 27 heavy (non-hydrogen) atoms. The Bertz CT molecular complexity index is 881. The molecule has 0 fully saturated rings. The van der Waals surface area contributed by atoms with Crippen molar-refractivity contribution < 1.29 is 24.3 Å². The molecule has 1 aromatic heterocycles. The number of nitrogens with two attached hydrogens (primary N) is 1. The molecular formula is C19H21N3O5. The zero-order valence-electron chi connectivity index (χ0n) is 15.0. The number of benzene rings is 1. The van der Waals surface area contributed by atoms with E-state index in [1.165, 1.54) is 6.07 Å². The third kappa shape index (κ3) is 4.53. The molecule has 3 N–H and O–H groups in total. The summed E-state index contributed by atoms with van der Waals surface area (Å²) in [6.07, 6.45) is -0.447. The normalized spacial score (nSPS) is 13.2. The summed E-state index contributed by atoms with van der Waals surface area (Å²) in [4.78, 5) is 53.1. The van der Waals surface area contributed by atoms with E-state index in [9.17, 15) is 19.2 Å². The van der Waals surface area contributed by atoms with Crippen LogP contribution < -0.4 is 5.73 Å². The first-order valence-corrected chi connectivity index (χ1v) is 8.42. The first kappa shape index (κ1) is 20.2. The number of aldehydes is 1. The molecule has 1 aromatic carbocycles. The van der Waals surface area contributed by atoms with E-state index in [2.05, 4.69) is 4.98 Å². The van der Waals surface area contributed by atoms with E-state index in [1.54, 1.807) is 32.0 Å². The van der Waals surface area contributed by atoms with Crippen molar-refractivity contribution in [3.05, 3.63) is 42.1 Å². The standard InChI is InChI=1S/C19H21N3O5/c1-11(2)17(20)19(27)22(13(10-23)9-16(24)25)18(26)15-8-7-12-5-3-4-6-14(12)21-15/h3-8,10-11,13,17H,9,20H2,1-2H3,(H,24,25)/t13-,17-/m0/s1. The van der Waals surface area contributed by atoms with E-state index in [0.717, 1.165) is 5.39 Å². The van der Waals surface area contributed by atoms with Crippen molar-refractivity contribution in [1.82, 2.24) is 9.88 Å². The number of nitrogens with zero attached hydrogens (tertiary/aromatic N) is 2. The predicted octanol–water partition coefficient (Wildman–Crippen LogP) is 1.23. The SMILES string of the molecule is CC(C)[C@H](N)C(=O)N(C(=O)c1ccc2ccccc2n1)[C@H](C=O)CC(=O)O. The maximum atomic E-state index is 13.0. The van der Waals surface area contributed by atoms with Gasteiger partial charge in [0.15, 0.2) is 0 Å². The van der Waals surface area contributed by atoms with Gasteiger partial charge in [0, 0.05) is 5.39 Å². The number of fused-ring (bicyclic) bond motifs is 1. The van der Waals surface area contributed by atoms with Gasteiger partial charge >= 0.3 is 5.97 Å². The van der Waals surface area contributed by atoms with Crippen LogP contribution in [0, 0.1) is 5.92 Å². The second-order valence-corrected chi connectivity index (χ2v) is 6.47. The summed E-state index contributed by atoms with van der Waals surface area (Å²) in [6.45, 7) is 3.37. The lowest BCUT2D eigenvalue weighted by Crippen LogP contribution is -2.54. The fourth-order valence-electron chi connectivity index (χ4n) is 2.55. The maximum absolute atomic E-state index is 13.0. The molecule has 2 atom stereocenters. The molecule has 0 bridgehead atoms. The monoisotopic (exact) mass is 371 g/mol. The number of imide groups is 1. The van der Waals surface area contributed by atoms with Crippen molar-refractivity contribution in [3.8, 4) is 0 Å². The molecule has 2 aromatic rings. The molecule has 2 amide bonds. The van der Waals surface area contributed by atoms with Crippen LogP contribution in [-0.2, 0) is 14.4 Å². The highest BCUT2D eigenvalue weighted by molar-refractivity contribution is 6.08. The minimum Gasteiger partial charge on any atom is -0.481 e. The van der Waals surface area contributed by atoms with Crippen LogP contribution in [0.3, 0.4) is 0 Å². The van der Waals surface area contributed by atoms with Crippen LogP contribution in [0.1, 0.15) is 30.8 Å². The quantitative estimate of drug-likeness (QED) is 0.700. The molecule has 0 saturated heterocycles. The molecule has 2 rings (SSSR count). The van der Waals surface area contributed by atoms with Crippen molar-refractivity contribution in [1.29, 1.82) is 0 Å².